The summed E-state index contributed by atoms with van der Waals surface area (Å²) < 4.78 is 1.77. The minimum absolute atomic E-state index is 0.153. The molecule has 3 rings (SSSR count). The van der Waals surface area contributed by atoms with Crippen LogP contribution in [0.4, 0.5) is 4.79 Å². The van der Waals surface area contributed by atoms with Crippen molar-refractivity contribution in [3.8, 4) is 11.3 Å². The molecule has 1 aliphatic rings. The molecular formula is C16H11Cl2N3O3. The minimum Gasteiger partial charge on any atom is -0.344 e. The number of benzene rings is 1. The quantitative estimate of drug-likeness (QED) is 0.635. The maximum atomic E-state index is 11.8. The van der Waals surface area contributed by atoms with Gasteiger partial charge in [0.05, 0.1) is 0 Å². The highest BCUT2D eigenvalue weighted by atomic mass is 35.5. The Morgan fingerprint density at radius 3 is 2.33 bits per heavy atom. The first-order valence-corrected chi connectivity index (χ1v) is 7.62. The van der Waals surface area contributed by atoms with Crippen molar-refractivity contribution in [2.45, 2.75) is 0 Å². The Hall–Kier alpha value is -2.57. The molecule has 6 nitrogen and oxygen atoms in total. The van der Waals surface area contributed by atoms with Crippen LogP contribution in [0.2, 0.25) is 10.0 Å². The number of carbonyl (C=O) groups excluding carboxylic acids is 3. The SMILES string of the molecule is Cn1c(C=C2C(=O)NC(=O)NC2=O)ccc1-c1cc(Cl)ccc1Cl. The highest BCUT2D eigenvalue weighted by Gasteiger charge is 2.28. The normalized spacial score (nSPS) is 14.5. The van der Waals surface area contributed by atoms with E-state index in [2.05, 4.69) is 0 Å². The fourth-order valence-corrected chi connectivity index (χ4v) is 2.78. The summed E-state index contributed by atoms with van der Waals surface area (Å²) in [5.74, 6) is -1.49. The molecule has 8 heteroatoms. The molecule has 2 aromatic rings. The van der Waals surface area contributed by atoms with Crippen LogP contribution < -0.4 is 10.6 Å². The molecule has 24 heavy (non-hydrogen) atoms. The molecule has 2 heterocycles. The Labute approximate surface area is 147 Å². The van der Waals surface area contributed by atoms with E-state index < -0.39 is 17.8 Å². The summed E-state index contributed by atoms with van der Waals surface area (Å²) in [7, 11) is 1.77. The van der Waals surface area contributed by atoms with Gasteiger partial charge in [-0.25, -0.2) is 4.79 Å². The van der Waals surface area contributed by atoms with E-state index in [1.807, 2.05) is 10.6 Å². The van der Waals surface area contributed by atoms with Gasteiger partial charge in [-0.1, -0.05) is 23.2 Å². The lowest BCUT2D eigenvalue weighted by Gasteiger charge is -2.14. The Balaban J connectivity index is 2.03. The molecule has 1 saturated heterocycles. The van der Waals surface area contributed by atoms with Crippen LogP contribution in [0.15, 0.2) is 35.9 Å². The van der Waals surface area contributed by atoms with E-state index in [0.717, 1.165) is 11.3 Å². The van der Waals surface area contributed by atoms with Crippen molar-refractivity contribution in [2.75, 3.05) is 0 Å². The summed E-state index contributed by atoms with van der Waals surface area (Å²) in [6.45, 7) is 0. The van der Waals surface area contributed by atoms with Crippen LogP contribution in [0.3, 0.4) is 0 Å². The third-order valence-corrected chi connectivity index (χ3v) is 4.17. The monoisotopic (exact) mass is 363 g/mol. The maximum Gasteiger partial charge on any atom is 0.328 e. The second kappa shape index (κ2) is 6.14. The van der Waals surface area contributed by atoms with Gasteiger partial charge in [0.2, 0.25) is 0 Å². The van der Waals surface area contributed by atoms with Gasteiger partial charge < -0.3 is 4.57 Å². The highest BCUT2D eigenvalue weighted by Crippen LogP contribution is 2.32. The smallest absolute Gasteiger partial charge is 0.328 e. The molecule has 0 saturated carbocycles. The molecule has 1 fully saturated rings. The lowest BCUT2D eigenvalue weighted by Crippen LogP contribution is -2.51. The van der Waals surface area contributed by atoms with E-state index >= 15 is 0 Å². The summed E-state index contributed by atoms with van der Waals surface area (Å²) in [5.41, 5.74) is 1.93. The number of barbiturate groups is 1. The molecule has 122 valence electrons. The summed E-state index contributed by atoms with van der Waals surface area (Å²) in [4.78, 5) is 34.7. The molecule has 0 atom stereocenters. The third-order valence-electron chi connectivity index (χ3n) is 3.60. The highest BCUT2D eigenvalue weighted by molar-refractivity contribution is 6.35. The number of halogens is 2. The van der Waals surface area contributed by atoms with Crippen molar-refractivity contribution in [3.63, 3.8) is 0 Å². The molecule has 1 aromatic heterocycles. The van der Waals surface area contributed by atoms with E-state index in [1.54, 1.807) is 41.9 Å². The zero-order chi connectivity index (χ0) is 17.4. The first kappa shape index (κ1) is 16.3. The first-order valence-electron chi connectivity index (χ1n) is 6.86. The molecule has 0 unspecified atom stereocenters. The van der Waals surface area contributed by atoms with Gasteiger partial charge in [0, 0.05) is 34.0 Å². The lowest BCUT2D eigenvalue weighted by atomic mass is 10.1. The molecular weight excluding hydrogens is 353 g/mol. The first-order chi connectivity index (χ1) is 11.4. The van der Waals surface area contributed by atoms with E-state index in [-0.39, 0.29) is 5.57 Å². The van der Waals surface area contributed by atoms with Crippen molar-refractivity contribution in [3.05, 3.63) is 51.6 Å². The second-order valence-corrected chi connectivity index (χ2v) is 5.97. The molecule has 0 aliphatic carbocycles. The number of carbonyl (C=O) groups is 3. The molecule has 4 amide bonds. The number of rotatable bonds is 2. The summed E-state index contributed by atoms with van der Waals surface area (Å²) >= 11 is 12.2. The van der Waals surface area contributed by atoms with Gasteiger partial charge in [-0.05, 0) is 36.4 Å². The average molecular weight is 364 g/mol. The standard InChI is InChI=1S/C16H11Cl2N3O3/c1-21-9(7-11-14(22)19-16(24)20-15(11)23)3-5-13(21)10-6-8(17)2-4-12(10)18/h2-7H,1H3,(H2,19,20,22,23,24). The fourth-order valence-electron chi connectivity index (χ4n) is 2.39. The minimum atomic E-state index is -0.833. The Morgan fingerprint density at radius 2 is 1.67 bits per heavy atom. The number of hydrogen-bond donors (Lipinski definition) is 2. The number of urea groups is 1. The number of aromatic nitrogens is 1. The molecule has 0 radical (unpaired) electrons. The lowest BCUT2D eigenvalue weighted by molar-refractivity contribution is -0.123. The zero-order valence-electron chi connectivity index (χ0n) is 12.4. The molecule has 0 spiro atoms. The van der Waals surface area contributed by atoms with Crippen LogP contribution in [0, 0.1) is 0 Å². The van der Waals surface area contributed by atoms with Gasteiger partial charge in [-0.2, -0.15) is 0 Å². The summed E-state index contributed by atoms with van der Waals surface area (Å²) in [6.07, 6.45) is 1.40. The Bertz CT molecular complexity index is 893. The number of nitrogens with zero attached hydrogens (tertiary/aromatic N) is 1. The Kier molecular flexibility index (Phi) is 4.17. The molecule has 2 N–H and O–H groups in total. The number of amides is 4. The Morgan fingerprint density at radius 1 is 1.00 bits per heavy atom. The second-order valence-electron chi connectivity index (χ2n) is 5.12. The van der Waals surface area contributed by atoms with Gasteiger partial charge in [0.25, 0.3) is 11.8 Å². The third kappa shape index (κ3) is 2.93. The predicted octanol–water partition coefficient (Wildman–Crippen LogP) is 2.75. The van der Waals surface area contributed by atoms with Crippen LogP contribution in [-0.2, 0) is 16.6 Å². The van der Waals surface area contributed by atoms with Crippen molar-refractivity contribution in [1.82, 2.24) is 15.2 Å². The van der Waals surface area contributed by atoms with Crippen LogP contribution in [0.25, 0.3) is 17.3 Å². The van der Waals surface area contributed by atoms with Gasteiger partial charge >= 0.3 is 6.03 Å². The van der Waals surface area contributed by atoms with Crippen LogP contribution in [-0.4, -0.2) is 22.4 Å². The van der Waals surface area contributed by atoms with Gasteiger partial charge in [-0.3, -0.25) is 20.2 Å². The van der Waals surface area contributed by atoms with Crippen molar-refractivity contribution >= 4 is 47.1 Å². The molecule has 1 aromatic carbocycles. The van der Waals surface area contributed by atoms with Gasteiger partial charge in [-0.15, -0.1) is 0 Å². The zero-order valence-corrected chi connectivity index (χ0v) is 13.9. The van der Waals surface area contributed by atoms with Gasteiger partial charge in [0.1, 0.15) is 5.57 Å². The molecule has 1 aliphatic heterocycles. The van der Waals surface area contributed by atoms with Crippen LogP contribution in [0.5, 0.6) is 0 Å². The summed E-state index contributed by atoms with van der Waals surface area (Å²) in [5, 5.41) is 5.13. The number of nitrogens with one attached hydrogen (secondary N) is 2. The van der Waals surface area contributed by atoms with Crippen molar-refractivity contribution < 1.29 is 14.4 Å². The summed E-state index contributed by atoms with van der Waals surface area (Å²) in [6, 6.07) is 7.81. The van der Waals surface area contributed by atoms with Crippen molar-refractivity contribution in [2.24, 2.45) is 7.05 Å². The van der Waals surface area contributed by atoms with Gasteiger partial charge in [0.15, 0.2) is 0 Å². The maximum absolute atomic E-state index is 11.8. The van der Waals surface area contributed by atoms with Crippen LogP contribution in [0.1, 0.15) is 5.69 Å². The predicted molar refractivity (Wildman–Crippen MR) is 90.5 cm³/mol. The average Bonchev–Trinajstić information content (AvgIpc) is 2.86. The number of imide groups is 2. The largest absolute Gasteiger partial charge is 0.344 e. The van der Waals surface area contributed by atoms with Crippen molar-refractivity contribution in [1.29, 1.82) is 0 Å². The topological polar surface area (TPSA) is 80.2 Å². The molecule has 0 bridgehead atoms. The number of hydrogen-bond acceptors (Lipinski definition) is 3. The van der Waals surface area contributed by atoms with E-state index in [4.69, 9.17) is 23.2 Å². The van der Waals surface area contributed by atoms with Crippen LogP contribution >= 0.6 is 23.2 Å². The van der Waals surface area contributed by atoms with E-state index in [1.165, 1.54) is 6.08 Å². The van der Waals surface area contributed by atoms with E-state index in [0.29, 0.717) is 15.7 Å². The fraction of sp³-hybridized carbons (Fsp3) is 0.0625. The van der Waals surface area contributed by atoms with E-state index in [9.17, 15) is 14.4 Å².